The van der Waals surface area contributed by atoms with Gasteiger partial charge in [0.2, 0.25) is 0 Å². The van der Waals surface area contributed by atoms with Gasteiger partial charge in [-0.3, -0.25) is 37.3 Å². The summed E-state index contributed by atoms with van der Waals surface area (Å²) >= 11 is 0. The fourth-order valence-electron chi connectivity index (χ4n) is 11.5. The third-order valence-corrected chi connectivity index (χ3v) is 19.8. The Labute approximate surface area is 581 Å². The summed E-state index contributed by atoms with van der Waals surface area (Å²) in [6, 6.07) is 0. The number of aliphatic hydroxyl groups excluding tert-OH is 1. The maximum absolute atomic E-state index is 13.1. The molecule has 17 nitrogen and oxygen atoms in total. The second-order valence-electron chi connectivity index (χ2n) is 29.1. The zero-order valence-corrected chi connectivity index (χ0v) is 64.1. The number of phosphoric ester groups is 2. The quantitative estimate of drug-likeness (QED) is 0.0222. The lowest BCUT2D eigenvalue weighted by Crippen LogP contribution is -2.30. The number of hydrogen-bond acceptors (Lipinski definition) is 15. The first-order chi connectivity index (χ1) is 45.6. The Kier molecular flexibility index (Phi) is 64.0. The van der Waals surface area contributed by atoms with Crippen LogP contribution in [-0.4, -0.2) is 96.7 Å². The standard InChI is InChI=1S/C76H148O17P2/c1-9-69(8)55-47-39-34-35-41-49-57-74(79)87-63-72(93-75(80)58-50-42-32-26-19-15-14-17-23-29-37-45-53-67(4)5)65-91-95(84,85)89-61-70(77)60-88-94(82,83)90-64-71(92-76(81)59-51-43-33-27-21-20-24-30-38-46-54-68(6)7)62-86-73(78)56-48-40-31-25-18-13-11-10-12-16-22-28-36-44-52-66(2)3/h66-72,77H,9-65H2,1-8H3,(H,82,83)(H,84,85)/t69?,70-,71-,72-/m1/s1. The molecule has 0 aliphatic carbocycles. The second-order valence-corrected chi connectivity index (χ2v) is 32.0. The fraction of sp³-hybridized carbons (Fsp3) is 0.947. The summed E-state index contributed by atoms with van der Waals surface area (Å²) in [7, 11) is -9.91. The average Bonchev–Trinajstić information content (AvgIpc) is 1.89. The molecule has 0 aliphatic heterocycles. The maximum atomic E-state index is 13.1. The van der Waals surface area contributed by atoms with Gasteiger partial charge in [-0.1, -0.05) is 331 Å². The highest BCUT2D eigenvalue weighted by Crippen LogP contribution is 2.45. The molecule has 0 aliphatic rings. The molecule has 0 spiro atoms. The van der Waals surface area contributed by atoms with E-state index in [0.717, 1.165) is 120 Å². The Bertz CT molecular complexity index is 1870. The summed E-state index contributed by atoms with van der Waals surface area (Å²) in [6.07, 6.45) is 49.9. The van der Waals surface area contributed by atoms with E-state index in [1.54, 1.807) is 0 Å². The van der Waals surface area contributed by atoms with Gasteiger partial charge in [0.05, 0.1) is 26.4 Å². The van der Waals surface area contributed by atoms with Crippen LogP contribution in [-0.2, 0) is 65.4 Å². The minimum atomic E-state index is -4.96. The monoisotopic (exact) mass is 1400 g/mol. The predicted octanol–water partition coefficient (Wildman–Crippen LogP) is 22.0. The average molecular weight is 1400 g/mol. The Morgan fingerprint density at radius 1 is 0.295 bits per heavy atom. The molecular weight excluding hydrogens is 1250 g/mol. The molecular formula is C76H148O17P2. The highest BCUT2D eigenvalue weighted by Gasteiger charge is 2.30. The van der Waals surface area contributed by atoms with Gasteiger partial charge in [-0.2, -0.15) is 0 Å². The van der Waals surface area contributed by atoms with Crippen LogP contribution in [0.25, 0.3) is 0 Å². The van der Waals surface area contributed by atoms with Crippen LogP contribution in [0.5, 0.6) is 0 Å². The summed E-state index contributed by atoms with van der Waals surface area (Å²) in [5.74, 6) is 0.937. The van der Waals surface area contributed by atoms with E-state index >= 15 is 0 Å². The molecule has 95 heavy (non-hydrogen) atoms. The van der Waals surface area contributed by atoms with Crippen molar-refractivity contribution in [2.75, 3.05) is 39.6 Å². The number of aliphatic hydroxyl groups is 1. The molecule has 3 N–H and O–H groups in total. The van der Waals surface area contributed by atoms with Gasteiger partial charge in [0, 0.05) is 25.7 Å². The smallest absolute Gasteiger partial charge is 0.462 e. The minimum absolute atomic E-state index is 0.106. The third-order valence-electron chi connectivity index (χ3n) is 17.9. The van der Waals surface area contributed by atoms with Crippen molar-refractivity contribution in [3.8, 4) is 0 Å². The van der Waals surface area contributed by atoms with Crippen LogP contribution in [0.2, 0.25) is 0 Å². The van der Waals surface area contributed by atoms with E-state index in [4.69, 9.17) is 37.0 Å². The number of carbonyl (C=O) groups is 4. The first-order valence-corrected chi connectivity index (χ1v) is 42.2. The molecule has 0 bridgehead atoms. The number of hydrogen-bond donors (Lipinski definition) is 3. The van der Waals surface area contributed by atoms with Gasteiger partial charge < -0.3 is 33.8 Å². The highest BCUT2D eigenvalue weighted by atomic mass is 31.2. The summed E-state index contributed by atoms with van der Waals surface area (Å²) in [5.41, 5.74) is 0. The number of phosphoric acid groups is 2. The molecule has 0 aromatic carbocycles. The number of ether oxygens (including phenoxy) is 4. The van der Waals surface area contributed by atoms with Crippen molar-refractivity contribution in [1.29, 1.82) is 0 Å². The molecule has 0 saturated carbocycles. The fourth-order valence-corrected chi connectivity index (χ4v) is 13.1. The Balaban J connectivity index is 5.24. The normalized spacial score (nSPS) is 14.4. The van der Waals surface area contributed by atoms with Gasteiger partial charge in [0.1, 0.15) is 19.3 Å². The molecule has 0 saturated heterocycles. The molecule has 0 fully saturated rings. The number of unbranched alkanes of at least 4 members (excludes halogenated alkanes) is 38. The molecule has 0 aromatic rings. The van der Waals surface area contributed by atoms with Crippen molar-refractivity contribution in [2.24, 2.45) is 23.7 Å². The van der Waals surface area contributed by atoms with E-state index in [1.165, 1.54) is 180 Å². The number of rotatable bonds is 73. The van der Waals surface area contributed by atoms with Crippen LogP contribution in [0.1, 0.15) is 383 Å². The number of carbonyl (C=O) groups excluding carboxylic acids is 4. The number of esters is 4. The molecule has 19 heteroatoms. The van der Waals surface area contributed by atoms with Crippen LogP contribution in [0.15, 0.2) is 0 Å². The topological polar surface area (TPSA) is 237 Å². The minimum Gasteiger partial charge on any atom is -0.462 e. The van der Waals surface area contributed by atoms with E-state index in [2.05, 4.69) is 55.4 Å². The lowest BCUT2D eigenvalue weighted by molar-refractivity contribution is -0.161. The van der Waals surface area contributed by atoms with Crippen LogP contribution in [0.4, 0.5) is 0 Å². The summed E-state index contributed by atoms with van der Waals surface area (Å²) in [6.45, 7) is 14.2. The van der Waals surface area contributed by atoms with Gasteiger partial charge in [0.25, 0.3) is 0 Å². The predicted molar refractivity (Wildman–Crippen MR) is 386 cm³/mol. The van der Waals surface area contributed by atoms with Crippen LogP contribution < -0.4 is 0 Å². The molecule has 0 radical (unpaired) electrons. The molecule has 0 amide bonds. The van der Waals surface area contributed by atoms with E-state index in [1.807, 2.05) is 0 Å². The van der Waals surface area contributed by atoms with Crippen molar-refractivity contribution in [3.05, 3.63) is 0 Å². The highest BCUT2D eigenvalue weighted by molar-refractivity contribution is 7.47. The lowest BCUT2D eigenvalue weighted by Gasteiger charge is -2.21. The van der Waals surface area contributed by atoms with E-state index in [0.29, 0.717) is 25.7 Å². The maximum Gasteiger partial charge on any atom is 0.472 e. The Morgan fingerprint density at radius 3 is 0.747 bits per heavy atom. The van der Waals surface area contributed by atoms with Crippen molar-refractivity contribution < 1.29 is 80.2 Å². The summed E-state index contributed by atoms with van der Waals surface area (Å²) in [4.78, 5) is 72.8. The summed E-state index contributed by atoms with van der Waals surface area (Å²) in [5, 5.41) is 10.6. The molecule has 0 rings (SSSR count). The Morgan fingerprint density at radius 2 is 0.505 bits per heavy atom. The molecule has 0 heterocycles. The third kappa shape index (κ3) is 69.0. The second kappa shape index (κ2) is 65.4. The zero-order valence-electron chi connectivity index (χ0n) is 62.3. The van der Waals surface area contributed by atoms with E-state index in [-0.39, 0.29) is 25.7 Å². The zero-order chi connectivity index (χ0) is 70.3. The van der Waals surface area contributed by atoms with E-state index < -0.39 is 97.5 Å². The van der Waals surface area contributed by atoms with Gasteiger partial charge in [-0.25, -0.2) is 9.13 Å². The van der Waals surface area contributed by atoms with Gasteiger partial charge in [0.15, 0.2) is 12.2 Å². The lowest BCUT2D eigenvalue weighted by atomic mass is 10.00. The molecule has 3 unspecified atom stereocenters. The van der Waals surface area contributed by atoms with Crippen molar-refractivity contribution in [3.63, 3.8) is 0 Å². The van der Waals surface area contributed by atoms with Gasteiger partial charge >= 0.3 is 39.5 Å². The largest absolute Gasteiger partial charge is 0.472 e. The van der Waals surface area contributed by atoms with Crippen LogP contribution in [0.3, 0.4) is 0 Å². The SMILES string of the molecule is CCC(C)CCCCCCCCC(=O)OC[C@H](COP(=O)(O)OC[C@H](O)COP(=O)(O)OC[C@@H](COC(=O)CCCCCCCCCCCCCCCCC(C)C)OC(=O)CCCCCCCCCCCCC(C)C)OC(=O)CCCCCCCCCCCCCCC(C)C. The van der Waals surface area contributed by atoms with Gasteiger partial charge in [-0.05, 0) is 49.4 Å². The van der Waals surface area contributed by atoms with Crippen molar-refractivity contribution in [2.45, 2.75) is 401 Å². The first kappa shape index (κ1) is 93.1. The van der Waals surface area contributed by atoms with Crippen LogP contribution in [0, 0.1) is 23.7 Å². The van der Waals surface area contributed by atoms with Gasteiger partial charge in [-0.15, -0.1) is 0 Å². The molecule has 564 valence electrons. The van der Waals surface area contributed by atoms with Crippen molar-refractivity contribution in [1.82, 2.24) is 0 Å². The van der Waals surface area contributed by atoms with E-state index in [9.17, 15) is 43.2 Å². The Hall–Kier alpha value is -1.94. The van der Waals surface area contributed by atoms with Crippen molar-refractivity contribution >= 4 is 39.5 Å². The molecule has 0 aromatic heterocycles. The summed E-state index contributed by atoms with van der Waals surface area (Å²) < 4.78 is 68.5. The molecule has 6 atom stereocenters. The first-order valence-electron chi connectivity index (χ1n) is 39.2. The van der Waals surface area contributed by atoms with Crippen LogP contribution >= 0.6 is 15.6 Å².